The van der Waals surface area contributed by atoms with Gasteiger partial charge in [-0.1, -0.05) is 0 Å². The third kappa shape index (κ3) is 1.76. The van der Waals surface area contributed by atoms with Crippen LogP contribution in [0.25, 0.3) is 0 Å². The van der Waals surface area contributed by atoms with Crippen LogP contribution in [0, 0.1) is 0 Å². The molecule has 0 radical (unpaired) electrons. The smallest absolute Gasteiger partial charge is 0.318 e. The lowest BCUT2D eigenvalue weighted by molar-refractivity contribution is 0.0659. The van der Waals surface area contributed by atoms with E-state index in [-0.39, 0.29) is 13.0 Å². The van der Waals surface area contributed by atoms with Gasteiger partial charge in [0.05, 0.1) is 0 Å². The average Bonchev–Trinajstić information content (AvgIpc) is 2.55. The van der Waals surface area contributed by atoms with Crippen molar-refractivity contribution in [1.29, 1.82) is 0 Å². The van der Waals surface area contributed by atoms with E-state index in [0.29, 0.717) is 18.5 Å². The van der Waals surface area contributed by atoms with Crippen LogP contribution in [-0.4, -0.2) is 10.7 Å². The molecule has 2 N–H and O–H groups in total. The molecule has 0 aromatic carbocycles. The second-order valence-electron chi connectivity index (χ2n) is 3.81. The van der Waals surface area contributed by atoms with E-state index in [2.05, 4.69) is 0 Å². The topological polar surface area (TPSA) is 30.9 Å². The van der Waals surface area contributed by atoms with Crippen LogP contribution in [0.3, 0.4) is 0 Å². The molecule has 0 fully saturated rings. The minimum absolute atomic E-state index is 0.0830. The summed E-state index contributed by atoms with van der Waals surface area (Å²) in [6.07, 6.45) is 1.36. The van der Waals surface area contributed by atoms with Gasteiger partial charge in [0.25, 0.3) is 0 Å². The summed E-state index contributed by atoms with van der Waals surface area (Å²) in [6, 6.07) is 0. The first-order valence-electron chi connectivity index (χ1n) is 4.97. The van der Waals surface area contributed by atoms with E-state index in [4.69, 9.17) is 5.73 Å². The van der Waals surface area contributed by atoms with Crippen LogP contribution < -0.4 is 5.73 Å². The van der Waals surface area contributed by atoms with Crippen LogP contribution in [0.2, 0.25) is 0 Å². The van der Waals surface area contributed by atoms with Gasteiger partial charge in [-0.3, -0.25) is 4.57 Å². The lowest BCUT2D eigenvalue weighted by atomic mass is 9.94. The number of fused-ring (bicyclic) bond motifs is 1. The molecule has 0 spiro atoms. The van der Waals surface area contributed by atoms with Gasteiger partial charge in [0, 0.05) is 24.9 Å². The third-order valence-corrected chi connectivity index (χ3v) is 2.90. The normalized spacial score (nSPS) is 20.7. The van der Waals surface area contributed by atoms with Crippen molar-refractivity contribution < 1.29 is 13.2 Å². The predicted molar refractivity (Wildman–Crippen MR) is 50.5 cm³/mol. The van der Waals surface area contributed by atoms with Gasteiger partial charge in [0.1, 0.15) is 6.17 Å². The van der Waals surface area contributed by atoms with Gasteiger partial charge in [-0.15, -0.1) is 0 Å². The largest absolute Gasteiger partial charge is 0.326 e. The molecule has 5 heteroatoms. The van der Waals surface area contributed by atoms with Crippen molar-refractivity contribution in [3.8, 4) is 0 Å². The number of hydrogen-bond donors (Lipinski definition) is 1. The van der Waals surface area contributed by atoms with E-state index in [0.717, 1.165) is 15.7 Å². The Bertz CT molecular complexity index is 360. The molecule has 84 valence electrons. The number of hydrogen-bond acceptors (Lipinski definition) is 1. The number of nitrogens with two attached hydrogens (primary N) is 1. The summed E-state index contributed by atoms with van der Waals surface area (Å²) in [5.74, 6) is 0. The highest BCUT2D eigenvalue weighted by molar-refractivity contribution is 5.35. The summed E-state index contributed by atoms with van der Waals surface area (Å²) < 4.78 is 39.2. The standard InChI is InChI=1S/C10H13F3N2/c11-7-1-2-8-6(4-14)5-15(10(12)13)9(8)3-7/h5,7,10H,1-4,14H2/t7-/m0/s1. The van der Waals surface area contributed by atoms with Crippen LogP contribution in [0.15, 0.2) is 6.20 Å². The monoisotopic (exact) mass is 218 g/mol. The maximum Gasteiger partial charge on any atom is 0.318 e. The minimum Gasteiger partial charge on any atom is -0.326 e. The molecule has 0 bridgehead atoms. The zero-order valence-corrected chi connectivity index (χ0v) is 8.22. The van der Waals surface area contributed by atoms with Crippen molar-refractivity contribution in [3.63, 3.8) is 0 Å². The Labute approximate surface area is 85.9 Å². The minimum atomic E-state index is -2.61. The summed E-state index contributed by atoms with van der Waals surface area (Å²) in [4.78, 5) is 0. The molecule has 0 saturated heterocycles. The molecule has 0 amide bonds. The van der Waals surface area contributed by atoms with E-state index in [1.165, 1.54) is 6.20 Å². The predicted octanol–water partition coefficient (Wildman–Crippen LogP) is 2.17. The van der Waals surface area contributed by atoms with Crippen LogP contribution >= 0.6 is 0 Å². The number of halogens is 3. The first-order valence-corrected chi connectivity index (χ1v) is 4.97. The van der Waals surface area contributed by atoms with E-state index in [1.54, 1.807) is 0 Å². The highest BCUT2D eigenvalue weighted by Crippen LogP contribution is 2.30. The molecule has 1 heterocycles. The molecule has 1 aliphatic carbocycles. The van der Waals surface area contributed by atoms with Crippen LogP contribution in [0.5, 0.6) is 0 Å². The average molecular weight is 218 g/mol. The molecule has 0 aliphatic heterocycles. The lowest BCUT2D eigenvalue weighted by Crippen LogP contribution is -2.18. The second-order valence-corrected chi connectivity index (χ2v) is 3.81. The fourth-order valence-electron chi connectivity index (χ4n) is 2.16. The van der Waals surface area contributed by atoms with Crippen molar-refractivity contribution in [3.05, 3.63) is 23.0 Å². The van der Waals surface area contributed by atoms with E-state index < -0.39 is 12.7 Å². The van der Waals surface area contributed by atoms with Gasteiger partial charge in [0.2, 0.25) is 0 Å². The van der Waals surface area contributed by atoms with E-state index in [9.17, 15) is 13.2 Å². The lowest BCUT2D eigenvalue weighted by Gasteiger charge is -2.18. The summed E-state index contributed by atoms with van der Waals surface area (Å²) >= 11 is 0. The molecular weight excluding hydrogens is 205 g/mol. The third-order valence-electron chi connectivity index (χ3n) is 2.90. The van der Waals surface area contributed by atoms with Gasteiger partial charge in [-0.05, 0) is 24.0 Å². The highest BCUT2D eigenvalue weighted by atomic mass is 19.3. The van der Waals surface area contributed by atoms with Crippen molar-refractivity contribution in [2.75, 3.05) is 0 Å². The van der Waals surface area contributed by atoms with Crippen molar-refractivity contribution >= 4 is 0 Å². The maximum atomic E-state index is 13.1. The molecule has 1 aromatic heterocycles. The summed E-state index contributed by atoms with van der Waals surface area (Å²) in [7, 11) is 0. The van der Waals surface area contributed by atoms with Crippen molar-refractivity contribution in [2.24, 2.45) is 5.73 Å². The Morgan fingerprint density at radius 2 is 2.27 bits per heavy atom. The Balaban J connectivity index is 2.45. The van der Waals surface area contributed by atoms with Crippen molar-refractivity contribution in [2.45, 2.75) is 38.5 Å². The van der Waals surface area contributed by atoms with Gasteiger partial charge in [-0.25, -0.2) is 4.39 Å². The summed E-state index contributed by atoms with van der Waals surface area (Å²) in [5, 5.41) is 0. The van der Waals surface area contributed by atoms with Gasteiger partial charge < -0.3 is 5.73 Å². The van der Waals surface area contributed by atoms with E-state index in [1.807, 2.05) is 0 Å². The molecule has 0 saturated carbocycles. The molecule has 1 atom stereocenters. The van der Waals surface area contributed by atoms with Crippen LogP contribution in [0.1, 0.15) is 29.8 Å². The second kappa shape index (κ2) is 3.89. The van der Waals surface area contributed by atoms with Gasteiger partial charge >= 0.3 is 6.55 Å². The molecule has 2 rings (SSSR count). The highest BCUT2D eigenvalue weighted by Gasteiger charge is 2.26. The number of alkyl halides is 3. The molecule has 2 nitrogen and oxygen atoms in total. The molecular formula is C10H13F3N2. The number of rotatable bonds is 2. The first-order chi connectivity index (χ1) is 7.13. The summed E-state index contributed by atoms with van der Waals surface area (Å²) in [6.45, 7) is -2.37. The number of nitrogens with zero attached hydrogens (tertiary/aromatic N) is 1. The maximum absolute atomic E-state index is 13.1. The quantitative estimate of drug-likeness (QED) is 0.810. The molecule has 0 unspecified atom stereocenters. The van der Waals surface area contributed by atoms with Gasteiger partial charge in [0.15, 0.2) is 0 Å². The first kappa shape index (κ1) is 10.5. The fraction of sp³-hybridized carbons (Fsp3) is 0.600. The Hall–Kier alpha value is -0.970. The fourth-order valence-corrected chi connectivity index (χ4v) is 2.16. The van der Waals surface area contributed by atoms with Crippen LogP contribution in [0.4, 0.5) is 13.2 Å². The van der Waals surface area contributed by atoms with Crippen LogP contribution in [-0.2, 0) is 19.4 Å². The van der Waals surface area contributed by atoms with E-state index >= 15 is 0 Å². The SMILES string of the molecule is NCc1cn(C(F)F)c2c1CC[C@H](F)C2. The molecule has 1 aliphatic rings. The number of aromatic nitrogens is 1. The van der Waals surface area contributed by atoms with Gasteiger partial charge in [-0.2, -0.15) is 8.78 Å². The zero-order valence-electron chi connectivity index (χ0n) is 8.22. The summed E-state index contributed by atoms with van der Waals surface area (Å²) in [5.41, 5.74) is 7.44. The molecule has 15 heavy (non-hydrogen) atoms. The Kier molecular flexibility index (Phi) is 2.73. The Morgan fingerprint density at radius 3 is 2.87 bits per heavy atom. The van der Waals surface area contributed by atoms with Crippen molar-refractivity contribution in [1.82, 2.24) is 4.57 Å². The molecule has 1 aromatic rings. The Morgan fingerprint density at radius 1 is 1.53 bits per heavy atom. The zero-order chi connectivity index (χ0) is 11.0.